The Bertz CT molecular complexity index is 451. The third-order valence-electron chi connectivity index (χ3n) is 3.93. The highest BCUT2D eigenvalue weighted by atomic mass is 16.5. The van der Waals surface area contributed by atoms with Gasteiger partial charge in [0, 0.05) is 38.3 Å². The van der Waals surface area contributed by atoms with Crippen molar-refractivity contribution in [1.29, 1.82) is 0 Å². The van der Waals surface area contributed by atoms with Gasteiger partial charge in [0.1, 0.15) is 12.4 Å². The summed E-state index contributed by atoms with van der Waals surface area (Å²) in [5.41, 5.74) is 0.712. The van der Waals surface area contributed by atoms with Crippen molar-refractivity contribution in [2.75, 3.05) is 52.5 Å². The van der Waals surface area contributed by atoms with Gasteiger partial charge < -0.3 is 14.4 Å². The summed E-state index contributed by atoms with van der Waals surface area (Å²) in [7, 11) is 0. The van der Waals surface area contributed by atoms with Crippen LogP contribution in [0.15, 0.2) is 24.3 Å². The molecular weight excluding hydrogens is 280 g/mol. The van der Waals surface area contributed by atoms with Crippen LogP contribution >= 0.6 is 0 Å². The molecule has 0 N–H and O–H groups in total. The summed E-state index contributed by atoms with van der Waals surface area (Å²) in [6.07, 6.45) is 0. The average Bonchev–Trinajstić information content (AvgIpc) is 2.57. The number of benzene rings is 1. The first-order valence-corrected chi connectivity index (χ1v) is 8.06. The molecule has 1 aliphatic rings. The van der Waals surface area contributed by atoms with Crippen molar-refractivity contribution < 1.29 is 14.3 Å². The van der Waals surface area contributed by atoms with E-state index < -0.39 is 0 Å². The van der Waals surface area contributed by atoms with Gasteiger partial charge in [-0.1, -0.05) is 0 Å². The number of rotatable bonds is 7. The van der Waals surface area contributed by atoms with Crippen molar-refractivity contribution in [3.05, 3.63) is 29.8 Å². The van der Waals surface area contributed by atoms with E-state index in [0.29, 0.717) is 12.2 Å². The lowest BCUT2D eigenvalue weighted by Gasteiger charge is -2.26. The zero-order valence-electron chi connectivity index (χ0n) is 13.6. The second kappa shape index (κ2) is 8.76. The van der Waals surface area contributed by atoms with Crippen LogP contribution in [0.3, 0.4) is 0 Å². The van der Waals surface area contributed by atoms with E-state index in [1.54, 1.807) is 0 Å². The fraction of sp³-hybridized carbons (Fsp3) is 0.588. The Morgan fingerprint density at radius 1 is 1.18 bits per heavy atom. The smallest absolute Gasteiger partial charge is 0.253 e. The average molecular weight is 306 g/mol. The maximum Gasteiger partial charge on any atom is 0.253 e. The number of hydrogen-bond donors (Lipinski definition) is 0. The minimum absolute atomic E-state index is 0.0740. The number of ether oxygens (including phenoxy) is 2. The zero-order valence-corrected chi connectivity index (χ0v) is 13.6. The Morgan fingerprint density at radius 2 is 1.82 bits per heavy atom. The molecule has 0 spiro atoms. The van der Waals surface area contributed by atoms with Crippen LogP contribution in [0.25, 0.3) is 0 Å². The van der Waals surface area contributed by atoms with Gasteiger partial charge in [0.2, 0.25) is 0 Å². The van der Waals surface area contributed by atoms with Gasteiger partial charge in [-0.15, -0.1) is 0 Å². The van der Waals surface area contributed by atoms with Crippen molar-refractivity contribution in [2.45, 2.75) is 13.8 Å². The van der Waals surface area contributed by atoms with E-state index in [4.69, 9.17) is 9.47 Å². The first kappa shape index (κ1) is 16.8. The largest absolute Gasteiger partial charge is 0.492 e. The van der Waals surface area contributed by atoms with Crippen LogP contribution in [0.2, 0.25) is 0 Å². The molecule has 1 fully saturated rings. The highest BCUT2D eigenvalue weighted by Gasteiger charge is 2.12. The van der Waals surface area contributed by atoms with Crippen LogP contribution in [0.4, 0.5) is 0 Å². The second-order valence-corrected chi connectivity index (χ2v) is 5.30. The lowest BCUT2D eigenvalue weighted by atomic mass is 10.2. The molecular formula is C17H26N2O3. The molecule has 1 heterocycles. The zero-order chi connectivity index (χ0) is 15.8. The lowest BCUT2D eigenvalue weighted by molar-refractivity contribution is 0.0322. The van der Waals surface area contributed by atoms with Gasteiger partial charge in [-0.25, -0.2) is 0 Å². The summed E-state index contributed by atoms with van der Waals surface area (Å²) in [5.74, 6) is 0.884. The quantitative estimate of drug-likeness (QED) is 0.771. The summed E-state index contributed by atoms with van der Waals surface area (Å²) >= 11 is 0. The monoisotopic (exact) mass is 306 g/mol. The van der Waals surface area contributed by atoms with Crippen molar-refractivity contribution >= 4 is 5.91 Å². The van der Waals surface area contributed by atoms with E-state index in [-0.39, 0.29) is 5.91 Å². The van der Waals surface area contributed by atoms with Crippen molar-refractivity contribution in [1.82, 2.24) is 9.80 Å². The maximum atomic E-state index is 12.2. The van der Waals surface area contributed by atoms with E-state index in [9.17, 15) is 4.79 Å². The molecule has 22 heavy (non-hydrogen) atoms. The molecule has 0 saturated carbocycles. The minimum atomic E-state index is 0.0740. The van der Waals surface area contributed by atoms with Gasteiger partial charge in [0.05, 0.1) is 13.2 Å². The van der Waals surface area contributed by atoms with Crippen LogP contribution in [-0.2, 0) is 4.74 Å². The van der Waals surface area contributed by atoms with Gasteiger partial charge in [0.15, 0.2) is 0 Å². The highest BCUT2D eigenvalue weighted by molar-refractivity contribution is 5.94. The van der Waals surface area contributed by atoms with Crippen LogP contribution in [0.1, 0.15) is 24.2 Å². The maximum absolute atomic E-state index is 12.2. The molecule has 1 amide bonds. The third-order valence-corrected chi connectivity index (χ3v) is 3.93. The van der Waals surface area contributed by atoms with Crippen LogP contribution in [0, 0.1) is 0 Å². The number of hydrogen-bond acceptors (Lipinski definition) is 4. The predicted molar refractivity (Wildman–Crippen MR) is 86.4 cm³/mol. The summed E-state index contributed by atoms with van der Waals surface area (Å²) in [5, 5.41) is 0. The van der Waals surface area contributed by atoms with Gasteiger partial charge in [0.25, 0.3) is 5.91 Å². The molecule has 1 aliphatic heterocycles. The molecule has 0 bridgehead atoms. The molecule has 1 aromatic carbocycles. The number of carbonyl (C=O) groups is 1. The topological polar surface area (TPSA) is 42.0 Å². The fourth-order valence-corrected chi connectivity index (χ4v) is 2.50. The lowest BCUT2D eigenvalue weighted by Crippen LogP contribution is -2.38. The van der Waals surface area contributed by atoms with E-state index in [1.165, 1.54) is 0 Å². The molecule has 0 aliphatic carbocycles. The van der Waals surface area contributed by atoms with E-state index in [2.05, 4.69) is 4.90 Å². The van der Waals surface area contributed by atoms with Crippen LogP contribution < -0.4 is 4.74 Å². The van der Waals surface area contributed by atoms with Crippen LogP contribution in [0.5, 0.6) is 5.75 Å². The molecule has 0 aromatic heterocycles. The molecule has 0 atom stereocenters. The molecule has 122 valence electrons. The molecule has 5 heteroatoms. The number of nitrogens with zero attached hydrogens (tertiary/aromatic N) is 2. The van der Waals surface area contributed by atoms with Gasteiger partial charge >= 0.3 is 0 Å². The van der Waals surface area contributed by atoms with E-state index in [1.807, 2.05) is 43.0 Å². The Morgan fingerprint density at radius 3 is 2.41 bits per heavy atom. The molecule has 1 aromatic rings. The first-order valence-electron chi connectivity index (χ1n) is 8.06. The summed E-state index contributed by atoms with van der Waals surface area (Å²) in [6.45, 7) is 10.6. The first-order chi connectivity index (χ1) is 10.7. The Labute approximate surface area is 132 Å². The van der Waals surface area contributed by atoms with Crippen molar-refractivity contribution in [2.24, 2.45) is 0 Å². The molecule has 2 rings (SSSR count). The Hall–Kier alpha value is -1.59. The third kappa shape index (κ3) is 4.71. The van der Waals surface area contributed by atoms with E-state index in [0.717, 1.165) is 51.7 Å². The molecule has 0 unspecified atom stereocenters. The van der Waals surface area contributed by atoms with Gasteiger partial charge in [-0.3, -0.25) is 9.69 Å². The SMILES string of the molecule is CCN(CC)C(=O)c1ccc(OCCN2CCOCC2)cc1. The number of amides is 1. The van der Waals surface area contributed by atoms with Crippen molar-refractivity contribution in [3.63, 3.8) is 0 Å². The van der Waals surface area contributed by atoms with Crippen molar-refractivity contribution in [3.8, 4) is 5.75 Å². The summed E-state index contributed by atoms with van der Waals surface area (Å²) in [4.78, 5) is 16.4. The predicted octanol–water partition coefficient (Wildman–Crippen LogP) is 1.88. The highest BCUT2D eigenvalue weighted by Crippen LogP contribution is 2.14. The molecule has 5 nitrogen and oxygen atoms in total. The summed E-state index contributed by atoms with van der Waals surface area (Å²) in [6, 6.07) is 7.42. The summed E-state index contributed by atoms with van der Waals surface area (Å²) < 4.78 is 11.1. The number of morpholine rings is 1. The van der Waals surface area contributed by atoms with E-state index >= 15 is 0 Å². The van der Waals surface area contributed by atoms with Gasteiger partial charge in [-0.05, 0) is 38.1 Å². The number of carbonyl (C=O) groups excluding carboxylic acids is 1. The minimum Gasteiger partial charge on any atom is -0.492 e. The Kier molecular flexibility index (Phi) is 6.68. The standard InChI is InChI=1S/C17H26N2O3/c1-3-19(4-2)17(20)15-5-7-16(8-6-15)22-14-11-18-9-12-21-13-10-18/h5-8H,3-4,9-14H2,1-2H3. The Balaban J connectivity index is 1.80. The molecule has 1 saturated heterocycles. The normalized spacial score (nSPS) is 15.5. The van der Waals surface area contributed by atoms with Crippen LogP contribution in [-0.4, -0.2) is 68.3 Å². The fourth-order valence-electron chi connectivity index (χ4n) is 2.50. The molecule has 0 radical (unpaired) electrons. The van der Waals surface area contributed by atoms with Gasteiger partial charge in [-0.2, -0.15) is 0 Å². The second-order valence-electron chi connectivity index (χ2n) is 5.30.